The van der Waals surface area contributed by atoms with Gasteiger partial charge in [-0.25, -0.2) is 0 Å². The third kappa shape index (κ3) is 2.98. The third-order valence-electron chi connectivity index (χ3n) is 3.72. The Labute approximate surface area is 118 Å². The molecule has 0 saturated carbocycles. The molecule has 0 fully saturated rings. The van der Waals surface area contributed by atoms with Crippen molar-refractivity contribution < 1.29 is 4.79 Å². The smallest absolute Gasteiger partial charge is 0.230 e. The summed E-state index contributed by atoms with van der Waals surface area (Å²) in [5, 5.41) is 10.8. The molecule has 0 saturated heterocycles. The number of hydrogen-bond acceptors (Lipinski definition) is 3. The molecule has 0 spiro atoms. The molecule has 0 N–H and O–H groups in total. The summed E-state index contributed by atoms with van der Waals surface area (Å²) in [6.07, 6.45) is 3.55. The van der Waals surface area contributed by atoms with E-state index >= 15 is 0 Å². The molecule has 0 bridgehead atoms. The van der Waals surface area contributed by atoms with Crippen molar-refractivity contribution in [3.8, 4) is 6.07 Å². The van der Waals surface area contributed by atoms with Crippen LogP contribution in [-0.2, 0) is 11.2 Å². The van der Waals surface area contributed by atoms with Crippen LogP contribution >= 0.6 is 11.3 Å². The van der Waals surface area contributed by atoms with Gasteiger partial charge in [0.05, 0.1) is 18.4 Å². The van der Waals surface area contributed by atoms with E-state index in [0.29, 0.717) is 13.0 Å². The van der Waals surface area contributed by atoms with E-state index < -0.39 is 0 Å². The van der Waals surface area contributed by atoms with E-state index in [1.54, 1.807) is 11.3 Å². The third-order valence-corrected chi connectivity index (χ3v) is 4.72. The van der Waals surface area contributed by atoms with Gasteiger partial charge < -0.3 is 4.90 Å². The van der Waals surface area contributed by atoms with E-state index in [0.717, 1.165) is 19.3 Å². The van der Waals surface area contributed by atoms with Crippen LogP contribution in [0.2, 0.25) is 0 Å². The highest BCUT2D eigenvalue weighted by Crippen LogP contribution is 2.36. The van der Waals surface area contributed by atoms with Gasteiger partial charge in [-0.1, -0.05) is 0 Å². The van der Waals surface area contributed by atoms with Crippen LogP contribution in [0.4, 0.5) is 0 Å². The summed E-state index contributed by atoms with van der Waals surface area (Å²) < 4.78 is 0. The molecule has 1 amide bonds. The zero-order valence-electron chi connectivity index (χ0n) is 11.6. The Balaban J connectivity index is 2.17. The predicted octanol–water partition coefficient (Wildman–Crippen LogP) is 3.32. The first-order chi connectivity index (χ1) is 9.15. The van der Waals surface area contributed by atoms with Crippen LogP contribution in [0, 0.1) is 11.3 Å². The van der Waals surface area contributed by atoms with Crippen LogP contribution in [0.25, 0.3) is 0 Å². The van der Waals surface area contributed by atoms with Crippen molar-refractivity contribution in [1.29, 1.82) is 5.26 Å². The molecule has 1 aliphatic rings. The number of rotatable bonds is 4. The van der Waals surface area contributed by atoms with Gasteiger partial charge in [-0.3, -0.25) is 4.79 Å². The summed E-state index contributed by atoms with van der Waals surface area (Å²) in [5.74, 6) is 0.209. The lowest BCUT2D eigenvalue weighted by molar-refractivity contribution is -0.134. The fourth-order valence-corrected chi connectivity index (χ4v) is 3.72. The van der Waals surface area contributed by atoms with Crippen molar-refractivity contribution in [3.05, 3.63) is 21.9 Å². The van der Waals surface area contributed by atoms with E-state index in [4.69, 9.17) is 5.26 Å². The molecule has 0 aromatic carbocycles. The number of carbonyl (C=O) groups excluding carboxylic acids is 1. The largest absolute Gasteiger partial charge is 0.339 e. The SMILES string of the molecule is CC(C)N(CCC#N)C(=O)C1CCCc2sccc21. The van der Waals surface area contributed by atoms with Crippen molar-refractivity contribution in [1.82, 2.24) is 4.90 Å². The molecular formula is C15H20N2OS. The monoisotopic (exact) mass is 276 g/mol. The van der Waals surface area contributed by atoms with Crippen molar-refractivity contribution in [2.24, 2.45) is 0 Å². The molecule has 3 nitrogen and oxygen atoms in total. The minimum atomic E-state index is 0.0103. The van der Waals surface area contributed by atoms with Gasteiger partial charge in [0.1, 0.15) is 0 Å². The molecule has 0 aliphatic heterocycles. The maximum Gasteiger partial charge on any atom is 0.230 e. The molecule has 102 valence electrons. The zero-order valence-corrected chi connectivity index (χ0v) is 12.4. The number of aryl methyl sites for hydroxylation is 1. The Kier molecular flexibility index (Phi) is 4.60. The topological polar surface area (TPSA) is 44.1 Å². The average Bonchev–Trinajstić information content (AvgIpc) is 2.86. The summed E-state index contributed by atoms with van der Waals surface area (Å²) in [4.78, 5) is 16.0. The highest BCUT2D eigenvalue weighted by atomic mass is 32.1. The normalized spacial score (nSPS) is 17.9. The number of amides is 1. The van der Waals surface area contributed by atoms with Crippen LogP contribution in [-0.4, -0.2) is 23.4 Å². The lowest BCUT2D eigenvalue weighted by atomic mass is 9.86. The lowest BCUT2D eigenvalue weighted by Crippen LogP contribution is -2.41. The summed E-state index contributed by atoms with van der Waals surface area (Å²) in [5.41, 5.74) is 1.23. The van der Waals surface area contributed by atoms with Gasteiger partial charge >= 0.3 is 0 Å². The van der Waals surface area contributed by atoms with E-state index in [1.807, 2.05) is 18.7 Å². The van der Waals surface area contributed by atoms with E-state index in [2.05, 4.69) is 17.5 Å². The maximum atomic E-state index is 12.7. The molecule has 1 aliphatic carbocycles. The van der Waals surface area contributed by atoms with Crippen LogP contribution in [0.1, 0.15) is 49.5 Å². The van der Waals surface area contributed by atoms with Crippen molar-refractivity contribution in [2.45, 2.75) is 51.5 Å². The molecular weight excluding hydrogens is 256 g/mol. The minimum Gasteiger partial charge on any atom is -0.339 e. The van der Waals surface area contributed by atoms with Crippen LogP contribution in [0.5, 0.6) is 0 Å². The molecule has 1 unspecified atom stereocenters. The standard InChI is InChI=1S/C15H20N2OS/c1-11(2)17(9-4-8-16)15(18)13-5-3-6-14-12(13)7-10-19-14/h7,10-11,13H,3-6,9H2,1-2H3. The summed E-state index contributed by atoms with van der Waals surface area (Å²) in [7, 11) is 0. The fraction of sp³-hybridized carbons (Fsp3) is 0.600. The van der Waals surface area contributed by atoms with Gasteiger partial charge in [-0.15, -0.1) is 11.3 Å². The number of carbonyl (C=O) groups is 1. The summed E-state index contributed by atoms with van der Waals surface area (Å²) in [6.45, 7) is 4.59. The molecule has 4 heteroatoms. The van der Waals surface area contributed by atoms with E-state index in [9.17, 15) is 4.79 Å². The second kappa shape index (κ2) is 6.21. The highest BCUT2D eigenvalue weighted by molar-refractivity contribution is 7.10. The second-order valence-electron chi connectivity index (χ2n) is 5.28. The van der Waals surface area contributed by atoms with Crippen molar-refractivity contribution in [3.63, 3.8) is 0 Å². The van der Waals surface area contributed by atoms with Gasteiger partial charge in [0, 0.05) is 17.5 Å². The first-order valence-corrected chi connectivity index (χ1v) is 7.76. The first kappa shape index (κ1) is 14.1. The lowest BCUT2D eigenvalue weighted by Gasteiger charge is -2.32. The molecule has 1 heterocycles. The Morgan fingerprint density at radius 2 is 2.42 bits per heavy atom. The van der Waals surface area contributed by atoms with Gasteiger partial charge in [0.25, 0.3) is 0 Å². The predicted molar refractivity (Wildman–Crippen MR) is 77.1 cm³/mol. The fourth-order valence-electron chi connectivity index (χ4n) is 2.74. The van der Waals surface area contributed by atoms with Crippen molar-refractivity contribution >= 4 is 17.2 Å². The molecule has 1 aromatic heterocycles. The number of nitriles is 1. The minimum absolute atomic E-state index is 0.0103. The van der Waals surface area contributed by atoms with Crippen LogP contribution in [0.3, 0.4) is 0 Å². The average molecular weight is 276 g/mol. The summed E-state index contributed by atoms with van der Waals surface area (Å²) in [6, 6.07) is 4.39. The Bertz CT molecular complexity index is 487. The van der Waals surface area contributed by atoms with E-state index in [1.165, 1.54) is 10.4 Å². The van der Waals surface area contributed by atoms with E-state index in [-0.39, 0.29) is 17.9 Å². The number of nitrogens with zero attached hydrogens (tertiary/aromatic N) is 2. The zero-order chi connectivity index (χ0) is 13.8. The van der Waals surface area contributed by atoms with Crippen LogP contribution < -0.4 is 0 Å². The maximum absolute atomic E-state index is 12.7. The van der Waals surface area contributed by atoms with Gasteiger partial charge in [-0.05, 0) is 50.1 Å². The number of thiophene rings is 1. The Hall–Kier alpha value is -1.34. The van der Waals surface area contributed by atoms with Crippen molar-refractivity contribution in [2.75, 3.05) is 6.54 Å². The number of fused-ring (bicyclic) bond motifs is 1. The van der Waals surface area contributed by atoms with Gasteiger partial charge in [0.15, 0.2) is 0 Å². The van der Waals surface area contributed by atoms with Crippen LogP contribution in [0.15, 0.2) is 11.4 Å². The molecule has 1 atom stereocenters. The Morgan fingerprint density at radius 1 is 1.63 bits per heavy atom. The molecule has 0 radical (unpaired) electrons. The quantitative estimate of drug-likeness (QED) is 0.846. The second-order valence-corrected chi connectivity index (χ2v) is 6.28. The molecule has 1 aromatic rings. The van der Waals surface area contributed by atoms with Gasteiger partial charge in [-0.2, -0.15) is 5.26 Å². The molecule has 2 rings (SSSR count). The highest BCUT2D eigenvalue weighted by Gasteiger charge is 2.31. The summed E-state index contributed by atoms with van der Waals surface area (Å²) >= 11 is 1.76. The Morgan fingerprint density at radius 3 is 3.11 bits per heavy atom. The van der Waals surface area contributed by atoms with Gasteiger partial charge in [0.2, 0.25) is 5.91 Å². The first-order valence-electron chi connectivity index (χ1n) is 6.89. The number of hydrogen-bond donors (Lipinski definition) is 0. The molecule has 19 heavy (non-hydrogen) atoms.